The van der Waals surface area contributed by atoms with E-state index in [1.807, 2.05) is 73.7 Å². The van der Waals surface area contributed by atoms with Gasteiger partial charge >= 0.3 is 0 Å². The number of anilines is 3. The Morgan fingerprint density at radius 1 is 1.02 bits per heavy atom. The van der Waals surface area contributed by atoms with Gasteiger partial charge in [-0.1, -0.05) is 55.5 Å². The van der Waals surface area contributed by atoms with Gasteiger partial charge in [-0.05, 0) is 61.8 Å². The van der Waals surface area contributed by atoms with E-state index in [-0.39, 0.29) is 43.2 Å². The first kappa shape index (κ1) is 32.4. The summed E-state index contributed by atoms with van der Waals surface area (Å²) in [6.45, 7) is 5.47. The quantitative estimate of drug-likeness (QED) is 0.244. The lowest BCUT2D eigenvalue weighted by Crippen LogP contribution is -2.44. The molecule has 3 aromatic carbocycles. The molecular formula is C37H41FN4O5Si. The van der Waals surface area contributed by atoms with Crippen molar-refractivity contribution in [3.8, 4) is 0 Å². The molecule has 0 saturated carbocycles. The Kier molecular flexibility index (Phi) is 8.33. The lowest BCUT2D eigenvalue weighted by atomic mass is 9.82. The van der Waals surface area contributed by atoms with E-state index in [1.165, 1.54) is 5.01 Å². The van der Waals surface area contributed by atoms with E-state index < -0.39 is 31.6 Å². The van der Waals surface area contributed by atoms with Crippen molar-refractivity contribution >= 4 is 48.9 Å². The van der Waals surface area contributed by atoms with Crippen LogP contribution in [0.4, 0.5) is 21.2 Å². The lowest BCUT2D eigenvalue weighted by Gasteiger charge is -2.31. The van der Waals surface area contributed by atoms with Gasteiger partial charge in [-0.2, -0.15) is 5.10 Å². The zero-order chi connectivity index (χ0) is 33.8. The maximum Gasteiger partial charge on any atom is 0.268 e. The number of hydrazone groups is 1. The number of halogens is 1. The third kappa shape index (κ3) is 5.28. The summed E-state index contributed by atoms with van der Waals surface area (Å²) in [6.07, 6.45) is 1.35. The second-order valence-corrected chi connectivity index (χ2v) is 17.6. The van der Waals surface area contributed by atoms with Crippen LogP contribution in [-0.2, 0) is 24.7 Å². The highest BCUT2D eigenvalue weighted by atomic mass is 28.4. The van der Waals surface area contributed by atoms with Gasteiger partial charge < -0.3 is 18.9 Å². The van der Waals surface area contributed by atoms with Gasteiger partial charge in [-0.15, -0.1) is 0 Å². The molecule has 4 aliphatic rings. The summed E-state index contributed by atoms with van der Waals surface area (Å²) >= 11 is 0. The zero-order valence-electron chi connectivity index (χ0n) is 27.5. The minimum Gasteiger partial charge on any atom is -0.394 e. The van der Waals surface area contributed by atoms with Crippen molar-refractivity contribution in [3.63, 3.8) is 0 Å². The average molecular weight is 669 g/mol. The van der Waals surface area contributed by atoms with Crippen LogP contribution in [-0.4, -0.2) is 67.1 Å². The van der Waals surface area contributed by atoms with Crippen LogP contribution in [0.25, 0.3) is 0 Å². The number of nitrogens with zero attached hydrogens (tertiary/aromatic N) is 4. The number of hydrogen-bond donors (Lipinski definition) is 1. The molecule has 4 aliphatic heterocycles. The zero-order valence-corrected chi connectivity index (χ0v) is 28.5. The van der Waals surface area contributed by atoms with Crippen LogP contribution in [0.2, 0.25) is 18.6 Å². The van der Waals surface area contributed by atoms with Crippen molar-refractivity contribution in [2.24, 2.45) is 11.0 Å². The van der Waals surface area contributed by atoms with Crippen molar-refractivity contribution in [2.45, 2.75) is 75.4 Å². The molecule has 1 spiro atoms. The molecule has 9 nitrogen and oxygen atoms in total. The van der Waals surface area contributed by atoms with Crippen LogP contribution in [0, 0.1) is 5.92 Å². The number of hydrogen-bond acceptors (Lipinski definition) is 6. The highest BCUT2D eigenvalue weighted by Gasteiger charge is 2.67. The molecule has 3 amide bonds. The molecule has 0 radical (unpaired) electrons. The fourth-order valence-corrected chi connectivity index (χ4v) is 10.9. The number of carbonyl (C=O) groups is 3. The number of aliphatic hydroxyl groups is 1. The second-order valence-electron chi connectivity index (χ2n) is 13.8. The van der Waals surface area contributed by atoms with Crippen molar-refractivity contribution < 1.29 is 28.3 Å². The SMILES string of the molecule is C[C@@H]1[C@@H]([Si](C)(C)F)[C@H](CC(=O)N2CCC[C@H]2CO)O[C@@]12C(=O)N(c1ccccc1)c1ccc(N3N=C(c4ccccc4)CCC3=O)cc12. The number of para-hydroxylation sites is 1. The minimum atomic E-state index is -3.53. The summed E-state index contributed by atoms with van der Waals surface area (Å²) in [7, 11) is -3.53. The van der Waals surface area contributed by atoms with E-state index in [0.717, 1.165) is 17.7 Å². The van der Waals surface area contributed by atoms with E-state index in [9.17, 15) is 19.5 Å². The molecule has 11 heteroatoms. The highest BCUT2D eigenvalue weighted by molar-refractivity contribution is 6.72. The maximum absolute atomic E-state index is 16.4. The predicted molar refractivity (Wildman–Crippen MR) is 184 cm³/mol. The fraction of sp³-hybridized carbons (Fsp3) is 0.405. The van der Waals surface area contributed by atoms with E-state index in [2.05, 4.69) is 0 Å². The molecule has 0 aromatic heterocycles. The molecule has 250 valence electrons. The monoisotopic (exact) mass is 668 g/mol. The van der Waals surface area contributed by atoms with Crippen molar-refractivity contribution in [2.75, 3.05) is 23.1 Å². The molecular weight excluding hydrogens is 628 g/mol. The lowest BCUT2D eigenvalue weighted by molar-refractivity contribution is -0.149. The van der Waals surface area contributed by atoms with E-state index >= 15 is 4.11 Å². The van der Waals surface area contributed by atoms with Gasteiger partial charge in [0, 0.05) is 42.1 Å². The number of aliphatic hydroxyl groups excluding tert-OH is 1. The third-order valence-corrected chi connectivity index (χ3v) is 13.0. The molecule has 3 aromatic rings. The Morgan fingerprint density at radius 3 is 2.42 bits per heavy atom. The summed E-state index contributed by atoms with van der Waals surface area (Å²) in [5, 5.41) is 16.0. The molecule has 48 heavy (non-hydrogen) atoms. The van der Waals surface area contributed by atoms with Crippen LogP contribution in [0.15, 0.2) is 84.0 Å². The average Bonchev–Trinajstić information content (AvgIpc) is 3.75. The summed E-state index contributed by atoms with van der Waals surface area (Å²) in [6, 6.07) is 24.1. The van der Waals surface area contributed by atoms with Crippen molar-refractivity contribution in [1.29, 1.82) is 0 Å². The van der Waals surface area contributed by atoms with Crippen molar-refractivity contribution in [1.82, 2.24) is 4.90 Å². The summed E-state index contributed by atoms with van der Waals surface area (Å²) < 4.78 is 23.3. The van der Waals surface area contributed by atoms with Crippen molar-refractivity contribution in [3.05, 3.63) is 90.0 Å². The first-order valence-electron chi connectivity index (χ1n) is 16.8. The number of ether oxygens (including phenoxy) is 1. The molecule has 0 bridgehead atoms. The van der Waals surface area contributed by atoms with Crippen LogP contribution in [0.3, 0.4) is 0 Å². The normalized spacial score (nSPS) is 27.2. The first-order valence-corrected chi connectivity index (χ1v) is 19.8. The Balaban J connectivity index is 1.34. The number of likely N-dealkylation sites (tertiary alicyclic amines) is 1. The largest absolute Gasteiger partial charge is 0.394 e. The number of amides is 3. The van der Waals surface area contributed by atoms with Gasteiger partial charge in [0.1, 0.15) is 0 Å². The van der Waals surface area contributed by atoms with E-state index in [0.29, 0.717) is 42.0 Å². The summed E-state index contributed by atoms with van der Waals surface area (Å²) in [5.41, 5.74) is 1.68. The Bertz CT molecular complexity index is 1770. The summed E-state index contributed by atoms with van der Waals surface area (Å²) in [4.78, 5) is 45.2. The number of rotatable bonds is 7. The molecule has 1 N–H and O–H groups in total. The molecule has 5 atom stereocenters. The van der Waals surface area contributed by atoms with Gasteiger partial charge in [0.25, 0.3) is 5.91 Å². The first-order chi connectivity index (χ1) is 23.0. The smallest absolute Gasteiger partial charge is 0.268 e. The van der Waals surface area contributed by atoms with Crippen LogP contribution < -0.4 is 9.91 Å². The van der Waals surface area contributed by atoms with E-state index in [4.69, 9.17) is 9.84 Å². The minimum absolute atomic E-state index is 0.0867. The molecule has 2 saturated heterocycles. The standard InChI is InChI=1S/C37H41FN4O5Si/c1-24-35(48(2,3)38)32(22-34(45)40-20-10-15-28(40)23-43)47-37(24)29-21-27(16-18-31(29)41(36(37)46)26-13-8-5-9-14-26)42-33(44)19-17-30(39-42)25-11-6-4-7-12-25/h4-9,11-14,16,18,21,24,28,32,35,43H,10,15,17,19-20,22-23H2,1-3H3/t24-,28+,32+,35-,37+/m1/s1. The van der Waals surface area contributed by atoms with Gasteiger partial charge in [-0.3, -0.25) is 19.3 Å². The second kappa shape index (κ2) is 12.4. The third-order valence-electron chi connectivity index (χ3n) is 10.5. The van der Waals surface area contributed by atoms with Crippen LogP contribution in [0.1, 0.15) is 50.2 Å². The fourth-order valence-electron chi connectivity index (χ4n) is 8.36. The molecule has 7 rings (SSSR count). The Morgan fingerprint density at radius 2 is 1.73 bits per heavy atom. The van der Waals surface area contributed by atoms with E-state index in [1.54, 1.807) is 35.0 Å². The van der Waals surface area contributed by atoms with Gasteiger partial charge in [0.05, 0.1) is 42.3 Å². The Hall–Kier alpha value is -4.19. The van der Waals surface area contributed by atoms with Crippen LogP contribution in [0.5, 0.6) is 0 Å². The maximum atomic E-state index is 16.4. The highest BCUT2D eigenvalue weighted by Crippen LogP contribution is 2.61. The number of carbonyl (C=O) groups excluding carboxylic acids is 3. The summed E-state index contributed by atoms with van der Waals surface area (Å²) in [5.74, 6) is -1.34. The predicted octanol–water partition coefficient (Wildman–Crippen LogP) is 6.04. The molecule has 0 unspecified atom stereocenters. The molecule has 0 aliphatic carbocycles. The molecule has 2 fully saturated rings. The topological polar surface area (TPSA) is 103 Å². The Labute approximate surface area is 281 Å². The van der Waals surface area contributed by atoms with Crippen LogP contribution >= 0.6 is 0 Å². The molecule has 4 heterocycles. The van der Waals surface area contributed by atoms with Gasteiger partial charge in [0.15, 0.2) is 5.60 Å². The number of fused-ring (bicyclic) bond motifs is 2. The van der Waals surface area contributed by atoms with Gasteiger partial charge in [-0.25, -0.2) is 5.01 Å². The van der Waals surface area contributed by atoms with Gasteiger partial charge in [0.2, 0.25) is 20.2 Å². The number of benzene rings is 3.